The fourth-order valence-corrected chi connectivity index (χ4v) is 12.8. The molecule has 1 saturated heterocycles. The first-order chi connectivity index (χ1) is 24.0. The Labute approximate surface area is 311 Å². The van der Waals surface area contributed by atoms with E-state index in [4.69, 9.17) is 23.1 Å². The molecule has 0 N–H and O–H groups in total. The first kappa shape index (κ1) is 41.0. The van der Waals surface area contributed by atoms with Gasteiger partial charge < -0.3 is 23.1 Å². The van der Waals surface area contributed by atoms with Crippen LogP contribution >= 0.6 is 0 Å². The van der Waals surface area contributed by atoms with E-state index >= 15 is 0 Å². The van der Waals surface area contributed by atoms with Gasteiger partial charge in [0.05, 0.1) is 38.6 Å². The molecule has 0 saturated carbocycles. The van der Waals surface area contributed by atoms with Crippen molar-refractivity contribution in [2.75, 3.05) is 20.3 Å². The second-order valence-corrected chi connectivity index (χ2v) is 25.9. The van der Waals surface area contributed by atoms with Crippen molar-refractivity contribution in [1.82, 2.24) is 0 Å². The van der Waals surface area contributed by atoms with Crippen LogP contribution in [0, 0.1) is 0 Å². The molecule has 1 heterocycles. The van der Waals surface area contributed by atoms with Gasteiger partial charge in [0.1, 0.15) is 5.75 Å². The van der Waals surface area contributed by atoms with E-state index in [0.717, 1.165) is 37.0 Å². The number of hydrogen-bond donors (Lipinski definition) is 0. The minimum atomic E-state index is -2.60. The Morgan fingerprint density at radius 1 is 0.863 bits per heavy atom. The quantitative estimate of drug-likeness (QED) is 0.109. The van der Waals surface area contributed by atoms with E-state index in [-0.39, 0.29) is 28.4 Å². The van der Waals surface area contributed by atoms with Gasteiger partial charge in [-0.25, -0.2) is 0 Å². The van der Waals surface area contributed by atoms with Gasteiger partial charge in [-0.2, -0.15) is 0 Å². The largest absolute Gasteiger partial charge is 0.497 e. The van der Waals surface area contributed by atoms with Crippen LogP contribution < -0.4 is 15.1 Å². The fourth-order valence-electron chi connectivity index (χ4n) is 6.91. The van der Waals surface area contributed by atoms with Gasteiger partial charge in [0.2, 0.25) is 0 Å². The summed E-state index contributed by atoms with van der Waals surface area (Å²) in [7, 11) is -2.94. The van der Waals surface area contributed by atoms with Gasteiger partial charge in [-0.05, 0) is 83.8 Å². The van der Waals surface area contributed by atoms with Crippen LogP contribution in [-0.2, 0) is 24.9 Å². The molecule has 0 amide bonds. The number of methoxy groups -OCH3 is 1. The van der Waals surface area contributed by atoms with E-state index in [1.807, 2.05) is 12.1 Å². The second-order valence-electron chi connectivity index (χ2n) is 16.8. The van der Waals surface area contributed by atoms with Crippen LogP contribution in [-0.4, -0.2) is 55.3 Å². The summed E-state index contributed by atoms with van der Waals surface area (Å²) in [6, 6.07) is 29.8. The predicted octanol–water partition coefficient (Wildman–Crippen LogP) is 10.0. The van der Waals surface area contributed by atoms with Crippen molar-refractivity contribution in [2.24, 2.45) is 0 Å². The summed E-state index contributed by atoms with van der Waals surface area (Å²) < 4.78 is 32.5. The standard InChI is InChI=1S/C44H64O5Si2/c1-34-28-38(26-27-47-51(44(6,7)8,41-18-14-12-15-19-41)42-20-16-13-17-21-42)48-39(29-34)30-35(2)31-40(49-50(10,11)43(3,4)5)33-46-32-36-22-24-37(45-9)25-23-36/h12-25,30,38-40H,1,26-29,31-33H2,2-11H3/b35-30+/t38-,39-,40-/m1/s1. The van der Waals surface area contributed by atoms with Crippen molar-refractivity contribution in [3.63, 3.8) is 0 Å². The maximum absolute atomic E-state index is 7.21. The van der Waals surface area contributed by atoms with Crippen molar-refractivity contribution in [1.29, 1.82) is 0 Å². The molecule has 3 aromatic carbocycles. The third-order valence-corrected chi connectivity index (χ3v) is 20.1. The lowest BCUT2D eigenvalue weighted by molar-refractivity contribution is -0.0171. The van der Waals surface area contributed by atoms with E-state index in [9.17, 15) is 0 Å². The zero-order chi connectivity index (χ0) is 37.3. The van der Waals surface area contributed by atoms with E-state index in [0.29, 0.717) is 19.8 Å². The van der Waals surface area contributed by atoms with Crippen LogP contribution in [0.25, 0.3) is 0 Å². The van der Waals surface area contributed by atoms with Crippen molar-refractivity contribution in [3.8, 4) is 5.75 Å². The van der Waals surface area contributed by atoms with Crippen LogP contribution in [0.5, 0.6) is 5.75 Å². The third kappa shape index (κ3) is 11.1. The predicted molar refractivity (Wildman–Crippen MR) is 218 cm³/mol. The van der Waals surface area contributed by atoms with Crippen molar-refractivity contribution >= 4 is 27.0 Å². The monoisotopic (exact) mass is 728 g/mol. The Morgan fingerprint density at radius 2 is 1.45 bits per heavy atom. The summed E-state index contributed by atoms with van der Waals surface area (Å²) in [6.45, 7) is 26.8. The lowest BCUT2D eigenvalue weighted by Crippen LogP contribution is -2.66. The summed E-state index contributed by atoms with van der Waals surface area (Å²) in [6.07, 6.45) is 5.62. The summed E-state index contributed by atoms with van der Waals surface area (Å²) in [4.78, 5) is 0. The zero-order valence-corrected chi connectivity index (χ0v) is 35.1. The van der Waals surface area contributed by atoms with Crippen LogP contribution in [0.3, 0.4) is 0 Å². The lowest BCUT2D eigenvalue weighted by Gasteiger charge is -2.43. The Hall–Kier alpha value is -2.79. The average molecular weight is 729 g/mol. The summed E-state index contributed by atoms with van der Waals surface area (Å²) in [5.74, 6) is 0.847. The van der Waals surface area contributed by atoms with Crippen LogP contribution in [0.1, 0.15) is 79.7 Å². The van der Waals surface area contributed by atoms with Gasteiger partial charge in [0, 0.05) is 6.61 Å². The second kappa shape index (κ2) is 17.8. The van der Waals surface area contributed by atoms with Crippen molar-refractivity contribution < 1.29 is 23.1 Å². The van der Waals surface area contributed by atoms with Crippen molar-refractivity contribution in [3.05, 3.63) is 114 Å². The number of hydrogen-bond acceptors (Lipinski definition) is 5. The molecule has 278 valence electrons. The molecule has 0 radical (unpaired) electrons. The Kier molecular flexibility index (Phi) is 14.3. The zero-order valence-electron chi connectivity index (χ0n) is 33.1. The minimum absolute atomic E-state index is 0.0159. The highest BCUT2D eigenvalue weighted by atomic mass is 28.4. The molecular weight excluding hydrogens is 665 g/mol. The summed E-state index contributed by atoms with van der Waals surface area (Å²) >= 11 is 0. The molecule has 4 rings (SSSR count). The molecule has 1 aliphatic heterocycles. The van der Waals surface area contributed by atoms with Crippen LogP contribution in [0.4, 0.5) is 0 Å². The molecule has 1 aliphatic rings. The van der Waals surface area contributed by atoms with E-state index < -0.39 is 16.6 Å². The highest BCUT2D eigenvalue weighted by molar-refractivity contribution is 6.99. The van der Waals surface area contributed by atoms with Gasteiger partial charge in [-0.1, -0.05) is 138 Å². The molecule has 3 atom stereocenters. The first-order valence-corrected chi connectivity index (χ1v) is 23.5. The highest BCUT2D eigenvalue weighted by Gasteiger charge is 2.50. The molecule has 0 bridgehead atoms. The van der Waals surface area contributed by atoms with E-state index in [2.05, 4.69) is 147 Å². The summed E-state index contributed by atoms with van der Waals surface area (Å²) in [5, 5.41) is 2.65. The maximum Gasteiger partial charge on any atom is 0.261 e. The molecular formula is C44H64O5Si2. The molecule has 3 aromatic rings. The highest BCUT2D eigenvalue weighted by Crippen LogP contribution is 2.39. The van der Waals surface area contributed by atoms with Gasteiger partial charge in [-0.3, -0.25) is 0 Å². The van der Waals surface area contributed by atoms with Gasteiger partial charge in [0.15, 0.2) is 8.32 Å². The molecule has 7 heteroatoms. The van der Waals surface area contributed by atoms with Gasteiger partial charge in [-0.15, -0.1) is 0 Å². The average Bonchev–Trinajstić information content (AvgIpc) is 3.06. The molecule has 51 heavy (non-hydrogen) atoms. The fraction of sp³-hybridized carbons (Fsp3) is 0.500. The number of benzene rings is 3. The number of rotatable bonds is 16. The molecule has 0 aromatic heterocycles. The Balaban J connectivity index is 1.44. The topological polar surface area (TPSA) is 46.2 Å². The molecule has 0 aliphatic carbocycles. The van der Waals surface area contributed by atoms with Crippen LogP contribution in [0.15, 0.2) is 109 Å². The van der Waals surface area contributed by atoms with E-state index in [1.165, 1.54) is 21.5 Å². The summed E-state index contributed by atoms with van der Waals surface area (Å²) in [5.41, 5.74) is 3.62. The van der Waals surface area contributed by atoms with Gasteiger partial charge >= 0.3 is 0 Å². The van der Waals surface area contributed by atoms with Crippen LogP contribution in [0.2, 0.25) is 23.2 Å². The van der Waals surface area contributed by atoms with Crippen molar-refractivity contribution in [2.45, 2.75) is 122 Å². The lowest BCUT2D eigenvalue weighted by atomic mass is 9.96. The van der Waals surface area contributed by atoms with Gasteiger partial charge in [0.25, 0.3) is 8.32 Å². The first-order valence-electron chi connectivity index (χ1n) is 18.7. The minimum Gasteiger partial charge on any atom is -0.497 e. The van der Waals surface area contributed by atoms with E-state index in [1.54, 1.807) is 7.11 Å². The Morgan fingerprint density at radius 3 is 1.98 bits per heavy atom. The molecule has 5 nitrogen and oxygen atoms in total. The number of ether oxygens (including phenoxy) is 3. The normalized spacial score (nSPS) is 18.5. The maximum atomic E-state index is 7.21. The SMILES string of the molecule is C=C1C[C@@H](CCO[Si](c2ccccc2)(c2ccccc2)C(C)(C)C)O[C@@H](/C=C(\C)C[C@H](COCc2ccc(OC)cc2)O[Si](C)(C)C(C)(C)C)C1. The molecule has 0 unspecified atom stereocenters. The molecule has 1 fully saturated rings. The smallest absolute Gasteiger partial charge is 0.261 e. The third-order valence-electron chi connectivity index (χ3n) is 10.6. The molecule has 0 spiro atoms. The Bertz CT molecular complexity index is 1500.